The fraction of sp³-hybridized carbons (Fsp3) is 0.400. The van der Waals surface area contributed by atoms with Crippen molar-refractivity contribution in [3.8, 4) is 23.1 Å². The van der Waals surface area contributed by atoms with E-state index >= 15 is 0 Å². The second-order valence-corrected chi connectivity index (χ2v) is 7.96. The number of rotatable bonds is 1. The quantitative estimate of drug-likeness (QED) is 0.813. The molecule has 0 aliphatic rings. The summed E-state index contributed by atoms with van der Waals surface area (Å²) in [5, 5.41) is 19.7. The van der Waals surface area contributed by atoms with E-state index in [9.17, 15) is 5.11 Å². The first-order valence-corrected chi connectivity index (χ1v) is 7.78. The monoisotopic (exact) mass is 308 g/mol. The highest BCUT2D eigenvalue weighted by atomic mass is 16.3. The maximum Gasteiger partial charge on any atom is 0.123 e. The number of pyridine rings is 1. The van der Waals surface area contributed by atoms with Crippen LogP contribution in [0.5, 0.6) is 5.75 Å². The Morgan fingerprint density at radius 2 is 1.48 bits per heavy atom. The molecule has 0 spiro atoms. The number of aromatic hydroxyl groups is 1. The number of nitriles is 1. The molecule has 1 N–H and O–H groups in total. The highest BCUT2D eigenvalue weighted by Crippen LogP contribution is 2.41. The molecule has 2 aromatic rings. The van der Waals surface area contributed by atoms with Crippen LogP contribution >= 0.6 is 0 Å². The lowest BCUT2D eigenvalue weighted by molar-refractivity contribution is 0.423. The molecule has 0 bridgehead atoms. The molecule has 0 saturated carbocycles. The zero-order valence-corrected chi connectivity index (χ0v) is 14.7. The summed E-state index contributed by atoms with van der Waals surface area (Å²) < 4.78 is 0. The maximum atomic E-state index is 10.8. The van der Waals surface area contributed by atoms with Gasteiger partial charge in [-0.2, -0.15) is 5.26 Å². The molecule has 0 saturated heterocycles. The Labute approximate surface area is 138 Å². The van der Waals surface area contributed by atoms with Crippen LogP contribution in [0.25, 0.3) is 11.3 Å². The molecule has 3 heteroatoms. The van der Waals surface area contributed by atoms with Crippen molar-refractivity contribution in [1.82, 2.24) is 4.98 Å². The maximum absolute atomic E-state index is 10.8. The number of benzene rings is 1. The van der Waals surface area contributed by atoms with Crippen LogP contribution in [0, 0.1) is 11.3 Å². The molecule has 0 aliphatic heterocycles. The minimum atomic E-state index is -0.174. The Morgan fingerprint density at radius 1 is 0.957 bits per heavy atom. The molecule has 3 nitrogen and oxygen atoms in total. The normalized spacial score (nSPS) is 12.0. The third-order valence-electron chi connectivity index (χ3n) is 3.91. The summed E-state index contributed by atoms with van der Waals surface area (Å²) in [6.07, 6.45) is 1.58. The molecular weight excluding hydrogens is 284 g/mol. The first kappa shape index (κ1) is 17.0. The number of nitrogens with zero attached hydrogens (tertiary/aromatic N) is 2. The first-order valence-electron chi connectivity index (χ1n) is 7.78. The van der Waals surface area contributed by atoms with Gasteiger partial charge >= 0.3 is 0 Å². The van der Waals surface area contributed by atoms with Crippen molar-refractivity contribution in [3.05, 3.63) is 47.2 Å². The van der Waals surface area contributed by atoms with E-state index in [-0.39, 0.29) is 10.8 Å². The Morgan fingerprint density at radius 3 is 1.83 bits per heavy atom. The third kappa shape index (κ3) is 3.53. The Balaban J connectivity index is 2.71. The van der Waals surface area contributed by atoms with Crippen LogP contribution in [-0.2, 0) is 10.8 Å². The number of phenols is 1. The molecule has 0 radical (unpaired) electrons. The van der Waals surface area contributed by atoms with E-state index in [0.29, 0.717) is 11.3 Å². The molecule has 1 heterocycles. The Hall–Kier alpha value is -2.34. The topological polar surface area (TPSA) is 56.9 Å². The van der Waals surface area contributed by atoms with E-state index in [0.717, 1.165) is 22.4 Å². The van der Waals surface area contributed by atoms with Crippen LogP contribution in [0.2, 0.25) is 0 Å². The fourth-order valence-corrected chi connectivity index (χ4v) is 2.56. The minimum Gasteiger partial charge on any atom is -0.507 e. The molecular formula is C20H24N2O. The SMILES string of the molecule is CC(C)(C)c1cc(-c2ccc(C#N)cn2)cc(C(C)(C)C)c1O. The molecule has 2 rings (SSSR count). The summed E-state index contributed by atoms with van der Waals surface area (Å²) in [5.74, 6) is 0.363. The lowest BCUT2D eigenvalue weighted by Crippen LogP contribution is -2.17. The van der Waals surface area contributed by atoms with Crippen molar-refractivity contribution in [3.63, 3.8) is 0 Å². The summed E-state index contributed by atoms with van der Waals surface area (Å²) in [6, 6.07) is 9.70. The van der Waals surface area contributed by atoms with Crippen molar-refractivity contribution < 1.29 is 5.11 Å². The average Bonchev–Trinajstić information content (AvgIpc) is 2.45. The number of hydrogen-bond donors (Lipinski definition) is 1. The van der Waals surface area contributed by atoms with E-state index in [1.165, 1.54) is 0 Å². The highest BCUT2D eigenvalue weighted by molar-refractivity contribution is 5.66. The number of hydrogen-bond acceptors (Lipinski definition) is 3. The lowest BCUT2D eigenvalue weighted by atomic mass is 9.78. The summed E-state index contributed by atoms with van der Waals surface area (Å²) in [4.78, 5) is 4.39. The van der Waals surface area contributed by atoms with Gasteiger partial charge in [-0.05, 0) is 35.1 Å². The average molecular weight is 308 g/mol. The fourth-order valence-electron chi connectivity index (χ4n) is 2.56. The first-order chi connectivity index (χ1) is 10.5. The third-order valence-corrected chi connectivity index (χ3v) is 3.91. The minimum absolute atomic E-state index is 0.174. The lowest BCUT2D eigenvalue weighted by Gasteiger charge is -2.28. The molecule has 0 fully saturated rings. The second-order valence-electron chi connectivity index (χ2n) is 7.96. The Bertz CT molecular complexity index is 719. The highest BCUT2D eigenvalue weighted by Gasteiger charge is 2.26. The van der Waals surface area contributed by atoms with Gasteiger partial charge < -0.3 is 5.11 Å². The van der Waals surface area contributed by atoms with Crippen LogP contribution in [0.4, 0.5) is 0 Å². The van der Waals surface area contributed by atoms with Gasteiger partial charge in [-0.1, -0.05) is 41.5 Å². The predicted molar refractivity (Wildman–Crippen MR) is 93.5 cm³/mol. The van der Waals surface area contributed by atoms with Crippen molar-refractivity contribution in [1.29, 1.82) is 5.26 Å². The second kappa shape index (κ2) is 5.70. The van der Waals surface area contributed by atoms with Gasteiger partial charge in [-0.25, -0.2) is 0 Å². The summed E-state index contributed by atoms with van der Waals surface area (Å²) in [5.41, 5.74) is 3.78. The van der Waals surface area contributed by atoms with E-state index in [1.54, 1.807) is 12.3 Å². The van der Waals surface area contributed by atoms with Gasteiger partial charge in [0, 0.05) is 22.9 Å². The van der Waals surface area contributed by atoms with Crippen LogP contribution in [-0.4, -0.2) is 10.1 Å². The van der Waals surface area contributed by atoms with Crippen molar-refractivity contribution in [2.45, 2.75) is 52.4 Å². The Kier molecular flexibility index (Phi) is 4.22. The molecule has 0 atom stereocenters. The van der Waals surface area contributed by atoms with Crippen molar-refractivity contribution in [2.75, 3.05) is 0 Å². The molecule has 23 heavy (non-hydrogen) atoms. The zero-order valence-electron chi connectivity index (χ0n) is 14.7. The molecule has 0 amide bonds. The van der Waals surface area contributed by atoms with Crippen LogP contribution in [0.1, 0.15) is 58.2 Å². The van der Waals surface area contributed by atoms with Crippen molar-refractivity contribution in [2.24, 2.45) is 0 Å². The number of phenolic OH excluding ortho intramolecular Hbond substituents is 1. The summed E-state index contributed by atoms with van der Waals surface area (Å²) >= 11 is 0. The van der Waals surface area contributed by atoms with Crippen LogP contribution in [0.3, 0.4) is 0 Å². The van der Waals surface area contributed by atoms with Gasteiger partial charge in [0.1, 0.15) is 11.8 Å². The molecule has 1 aromatic heterocycles. The number of aromatic nitrogens is 1. The smallest absolute Gasteiger partial charge is 0.123 e. The van der Waals surface area contributed by atoms with E-state index < -0.39 is 0 Å². The molecule has 0 aliphatic carbocycles. The van der Waals surface area contributed by atoms with E-state index in [1.807, 2.05) is 18.2 Å². The predicted octanol–water partition coefficient (Wildman–Crippen LogP) is 4.92. The molecule has 120 valence electrons. The van der Waals surface area contributed by atoms with Crippen LogP contribution in [0.15, 0.2) is 30.5 Å². The van der Waals surface area contributed by atoms with Gasteiger partial charge in [0.05, 0.1) is 11.3 Å². The standard InChI is InChI=1S/C20H24N2O/c1-19(2,3)15-9-14(10-16(18(15)23)20(4,5)6)17-8-7-13(11-21)12-22-17/h7-10,12,23H,1-6H3. The molecule has 1 aromatic carbocycles. The van der Waals surface area contributed by atoms with Gasteiger partial charge in [0.15, 0.2) is 0 Å². The summed E-state index contributed by atoms with van der Waals surface area (Å²) in [7, 11) is 0. The van der Waals surface area contributed by atoms with Gasteiger partial charge in [-0.3, -0.25) is 4.98 Å². The molecule has 0 unspecified atom stereocenters. The van der Waals surface area contributed by atoms with Crippen LogP contribution < -0.4 is 0 Å². The largest absolute Gasteiger partial charge is 0.507 e. The van der Waals surface area contributed by atoms with Gasteiger partial charge in [0.25, 0.3) is 0 Å². The summed E-state index contributed by atoms with van der Waals surface area (Å²) in [6.45, 7) is 12.5. The van der Waals surface area contributed by atoms with E-state index in [2.05, 4.69) is 52.6 Å². The van der Waals surface area contributed by atoms with Gasteiger partial charge in [-0.15, -0.1) is 0 Å². The zero-order chi connectivity index (χ0) is 17.4. The van der Waals surface area contributed by atoms with Gasteiger partial charge in [0.2, 0.25) is 0 Å². The van der Waals surface area contributed by atoms with E-state index in [4.69, 9.17) is 5.26 Å². The van der Waals surface area contributed by atoms with Crippen molar-refractivity contribution >= 4 is 0 Å².